The summed E-state index contributed by atoms with van der Waals surface area (Å²) in [6, 6.07) is 11.3. The zero-order chi connectivity index (χ0) is 13.8. The van der Waals surface area contributed by atoms with E-state index >= 15 is 0 Å². The number of rotatable bonds is 4. The van der Waals surface area contributed by atoms with Crippen molar-refractivity contribution in [2.75, 3.05) is 0 Å². The fraction of sp³-hybridized carbons (Fsp3) is 0.0667. The minimum Gasteiger partial charge on any atom is -0.476 e. The summed E-state index contributed by atoms with van der Waals surface area (Å²) in [5.41, 5.74) is 2.67. The Bertz CT molecular complexity index is 639. The Morgan fingerprint density at radius 1 is 1.37 bits per heavy atom. The van der Waals surface area contributed by atoms with Crippen molar-refractivity contribution in [2.24, 2.45) is 0 Å². The van der Waals surface area contributed by atoms with Gasteiger partial charge in [-0.25, -0.2) is 9.48 Å². The van der Waals surface area contributed by atoms with Gasteiger partial charge in [0.2, 0.25) is 0 Å². The smallest absolute Gasteiger partial charge is 0.356 e. The van der Waals surface area contributed by atoms with Gasteiger partial charge in [0, 0.05) is 11.9 Å². The van der Waals surface area contributed by atoms with E-state index in [4.69, 9.17) is 5.11 Å². The molecule has 2 rings (SSSR count). The first kappa shape index (κ1) is 12.8. The molecule has 0 saturated carbocycles. The number of aryl methyl sites for hydroxylation is 1. The molecule has 1 aromatic carbocycles. The van der Waals surface area contributed by atoms with Crippen LogP contribution in [0.1, 0.15) is 21.7 Å². The largest absolute Gasteiger partial charge is 0.476 e. The Kier molecular flexibility index (Phi) is 3.61. The highest BCUT2D eigenvalue weighted by Gasteiger charge is 2.09. The third-order valence-corrected chi connectivity index (χ3v) is 2.73. The van der Waals surface area contributed by atoms with Crippen molar-refractivity contribution in [3.8, 4) is 0 Å². The van der Waals surface area contributed by atoms with Crippen molar-refractivity contribution in [3.05, 3.63) is 66.0 Å². The molecule has 4 nitrogen and oxygen atoms in total. The Morgan fingerprint density at radius 2 is 2.05 bits per heavy atom. The molecule has 0 saturated heterocycles. The van der Waals surface area contributed by atoms with Gasteiger partial charge in [-0.2, -0.15) is 5.10 Å². The van der Waals surface area contributed by atoms with Crippen LogP contribution in [0, 0.1) is 6.92 Å². The van der Waals surface area contributed by atoms with E-state index in [1.165, 1.54) is 6.07 Å². The number of aromatic carboxylic acids is 1. The molecule has 0 amide bonds. The maximum atomic E-state index is 10.9. The summed E-state index contributed by atoms with van der Waals surface area (Å²) in [6.45, 7) is 5.59. The van der Waals surface area contributed by atoms with Gasteiger partial charge in [-0.1, -0.05) is 43.0 Å². The van der Waals surface area contributed by atoms with Crippen LogP contribution in [0.2, 0.25) is 0 Å². The number of nitrogens with zero attached hydrogens (tertiary/aromatic N) is 2. The lowest BCUT2D eigenvalue weighted by atomic mass is 10.1. The van der Waals surface area contributed by atoms with E-state index in [1.54, 1.807) is 17.0 Å². The van der Waals surface area contributed by atoms with Crippen molar-refractivity contribution < 1.29 is 9.90 Å². The molecule has 0 aliphatic heterocycles. The highest BCUT2D eigenvalue weighted by Crippen LogP contribution is 2.17. The second-order valence-corrected chi connectivity index (χ2v) is 4.08. The number of benzene rings is 1. The molecule has 19 heavy (non-hydrogen) atoms. The number of allylic oxidation sites excluding steroid dienone is 2. The van der Waals surface area contributed by atoms with Gasteiger partial charge in [-0.05, 0) is 24.1 Å². The first-order chi connectivity index (χ1) is 9.11. The third-order valence-electron chi connectivity index (χ3n) is 2.73. The summed E-state index contributed by atoms with van der Waals surface area (Å²) in [4.78, 5) is 10.9. The number of hydrogen-bond acceptors (Lipinski definition) is 2. The maximum absolute atomic E-state index is 10.9. The first-order valence-electron chi connectivity index (χ1n) is 5.81. The van der Waals surface area contributed by atoms with E-state index in [-0.39, 0.29) is 5.69 Å². The molecule has 2 aromatic rings. The normalized spacial score (nSPS) is 11.3. The monoisotopic (exact) mass is 254 g/mol. The predicted octanol–water partition coefficient (Wildman–Crippen LogP) is 3.07. The highest BCUT2D eigenvalue weighted by molar-refractivity contribution is 5.86. The highest BCUT2D eigenvalue weighted by atomic mass is 16.4. The number of carboxylic acids is 1. The molecule has 1 aromatic heterocycles. The fourth-order valence-electron chi connectivity index (χ4n) is 1.73. The van der Waals surface area contributed by atoms with Gasteiger partial charge in [-0.15, -0.1) is 0 Å². The SMILES string of the molecule is C=C/C(=C\n1nc(C(=O)O)cc1C)c1ccccc1. The summed E-state index contributed by atoms with van der Waals surface area (Å²) in [6.07, 6.45) is 3.49. The maximum Gasteiger partial charge on any atom is 0.356 e. The van der Waals surface area contributed by atoms with Crippen molar-refractivity contribution in [1.29, 1.82) is 0 Å². The summed E-state index contributed by atoms with van der Waals surface area (Å²) < 4.78 is 1.55. The molecular weight excluding hydrogens is 240 g/mol. The molecule has 4 heteroatoms. The van der Waals surface area contributed by atoms with Crippen LogP contribution in [-0.4, -0.2) is 20.9 Å². The van der Waals surface area contributed by atoms with Gasteiger partial charge in [0.1, 0.15) is 0 Å². The van der Waals surface area contributed by atoms with E-state index in [0.29, 0.717) is 0 Å². The van der Waals surface area contributed by atoms with Crippen LogP contribution in [0.3, 0.4) is 0 Å². The molecule has 96 valence electrons. The van der Waals surface area contributed by atoms with Crippen LogP contribution in [0.15, 0.2) is 49.1 Å². The van der Waals surface area contributed by atoms with Crippen molar-refractivity contribution in [1.82, 2.24) is 9.78 Å². The summed E-state index contributed by atoms with van der Waals surface area (Å²) >= 11 is 0. The van der Waals surface area contributed by atoms with Crippen molar-refractivity contribution in [3.63, 3.8) is 0 Å². The van der Waals surface area contributed by atoms with E-state index in [0.717, 1.165) is 16.8 Å². The second kappa shape index (κ2) is 5.35. The molecular formula is C15H14N2O2. The molecule has 0 bridgehead atoms. The number of carbonyl (C=O) groups is 1. The average Bonchev–Trinajstić information content (AvgIpc) is 2.78. The number of hydrogen-bond donors (Lipinski definition) is 1. The Labute approximate surface area is 111 Å². The van der Waals surface area contributed by atoms with Gasteiger partial charge in [0.25, 0.3) is 0 Å². The molecule has 0 fully saturated rings. The van der Waals surface area contributed by atoms with Crippen LogP contribution in [0.4, 0.5) is 0 Å². The lowest BCUT2D eigenvalue weighted by Crippen LogP contribution is -1.99. The standard InChI is InChI=1S/C15H14N2O2/c1-3-12(13-7-5-4-6-8-13)10-17-11(2)9-14(16-17)15(18)19/h3-10H,1H2,2H3,(H,18,19)/b12-10+. The molecule has 1 N–H and O–H groups in total. The number of aromatic nitrogens is 2. The topological polar surface area (TPSA) is 55.1 Å². The average molecular weight is 254 g/mol. The Morgan fingerprint density at radius 3 is 2.58 bits per heavy atom. The van der Waals surface area contributed by atoms with Gasteiger partial charge >= 0.3 is 5.97 Å². The van der Waals surface area contributed by atoms with Crippen LogP contribution in [0.25, 0.3) is 11.8 Å². The lowest BCUT2D eigenvalue weighted by molar-refractivity contribution is 0.0690. The van der Waals surface area contributed by atoms with E-state index in [1.807, 2.05) is 37.3 Å². The van der Waals surface area contributed by atoms with Gasteiger partial charge in [-0.3, -0.25) is 0 Å². The zero-order valence-electron chi connectivity index (χ0n) is 10.6. The second-order valence-electron chi connectivity index (χ2n) is 4.08. The fourth-order valence-corrected chi connectivity index (χ4v) is 1.73. The molecule has 0 unspecified atom stereocenters. The quantitative estimate of drug-likeness (QED) is 0.853. The van der Waals surface area contributed by atoms with Crippen molar-refractivity contribution in [2.45, 2.75) is 6.92 Å². The predicted molar refractivity (Wildman–Crippen MR) is 74.7 cm³/mol. The lowest BCUT2D eigenvalue weighted by Gasteiger charge is -2.03. The number of carboxylic acid groups (broad SMARTS) is 1. The minimum absolute atomic E-state index is 0.0326. The molecule has 0 aliphatic rings. The van der Waals surface area contributed by atoms with E-state index < -0.39 is 5.97 Å². The van der Waals surface area contributed by atoms with Crippen LogP contribution >= 0.6 is 0 Å². The minimum atomic E-state index is -1.03. The Balaban J connectivity index is 2.44. The van der Waals surface area contributed by atoms with Crippen LogP contribution < -0.4 is 0 Å². The third kappa shape index (κ3) is 2.80. The summed E-state index contributed by atoms with van der Waals surface area (Å²) in [7, 11) is 0. The van der Waals surface area contributed by atoms with Crippen molar-refractivity contribution >= 4 is 17.7 Å². The van der Waals surface area contributed by atoms with Gasteiger partial charge < -0.3 is 5.11 Å². The molecule has 0 aliphatic carbocycles. The van der Waals surface area contributed by atoms with Gasteiger partial charge in [0.05, 0.1) is 0 Å². The zero-order valence-corrected chi connectivity index (χ0v) is 10.6. The van der Waals surface area contributed by atoms with Crippen LogP contribution in [-0.2, 0) is 0 Å². The summed E-state index contributed by atoms with van der Waals surface area (Å²) in [5.74, 6) is -1.03. The summed E-state index contributed by atoms with van der Waals surface area (Å²) in [5, 5.41) is 12.9. The Hall–Kier alpha value is -2.62. The molecule has 1 heterocycles. The molecule has 0 radical (unpaired) electrons. The molecule has 0 spiro atoms. The first-order valence-corrected chi connectivity index (χ1v) is 5.81. The van der Waals surface area contributed by atoms with E-state index in [9.17, 15) is 4.79 Å². The van der Waals surface area contributed by atoms with Gasteiger partial charge in [0.15, 0.2) is 5.69 Å². The van der Waals surface area contributed by atoms with E-state index in [2.05, 4.69) is 11.7 Å². The molecule has 0 atom stereocenters. The van der Waals surface area contributed by atoms with Crippen LogP contribution in [0.5, 0.6) is 0 Å².